The number of nitrogens with one attached hydrogen (secondary N) is 1. The van der Waals surface area contributed by atoms with E-state index in [1.807, 2.05) is 30.3 Å². The summed E-state index contributed by atoms with van der Waals surface area (Å²) in [5.41, 5.74) is -1.23. The molecule has 0 spiro atoms. The molecule has 0 aliphatic heterocycles. The van der Waals surface area contributed by atoms with Crippen LogP contribution in [0.15, 0.2) is 64.4 Å². The van der Waals surface area contributed by atoms with E-state index in [4.69, 9.17) is 4.42 Å². The standard InChI is InChI=1S/C18H18N2O3S/c1-18(22,15-7-4-10-23-15)12-20-16(21)11-24-17-14-6-3-2-5-13(14)8-9-19-17/h2-10,22H,11-12H2,1H3,(H,20,21). The Labute approximate surface area is 144 Å². The van der Waals surface area contributed by atoms with Gasteiger partial charge in [-0.05, 0) is 30.5 Å². The van der Waals surface area contributed by atoms with Crippen molar-refractivity contribution in [1.29, 1.82) is 0 Å². The van der Waals surface area contributed by atoms with Crippen LogP contribution in [0.5, 0.6) is 0 Å². The van der Waals surface area contributed by atoms with Crippen molar-refractivity contribution in [2.75, 3.05) is 12.3 Å². The van der Waals surface area contributed by atoms with Crippen molar-refractivity contribution in [3.05, 3.63) is 60.7 Å². The van der Waals surface area contributed by atoms with Crippen molar-refractivity contribution >= 4 is 28.4 Å². The van der Waals surface area contributed by atoms with E-state index in [-0.39, 0.29) is 18.2 Å². The van der Waals surface area contributed by atoms with Gasteiger partial charge in [-0.1, -0.05) is 36.0 Å². The van der Waals surface area contributed by atoms with Crippen LogP contribution in [0.2, 0.25) is 0 Å². The molecule has 3 aromatic rings. The number of hydrogen-bond acceptors (Lipinski definition) is 5. The van der Waals surface area contributed by atoms with Crippen LogP contribution in [0.25, 0.3) is 10.8 Å². The van der Waals surface area contributed by atoms with Gasteiger partial charge in [0.15, 0.2) is 0 Å². The summed E-state index contributed by atoms with van der Waals surface area (Å²) in [6.07, 6.45) is 3.23. The average molecular weight is 342 g/mol. The molecule has 0 aliphatic carbocycles. The van der Waals surface area contributed by atoms with Gasteiger partial charge in [-0.25, -0.2) is 4.98 Å². The van der Waals surface area contributed by atoms with Crippen LogP contribution in [-0.2, 0) is 10.4 Å². The molecule has 0 saturated heterocycles. The van der Waals surface area contributed by atoms with E-state index in [0.717, 1.165) is 15.8 Å². The highest BCUT2D eigenvalue weighted by Gasteiger charge is 2.26. The molecule has 1 unspecified atom stereocenters. The first-order valence-corrected chi connectivity index (χ1v) is 8.54. The number of fused-ring (bicyclic) bond motifs is 1. The molecule has 0 radical (unpaired) electrons. The molecular formula is C18H18N2O3S. The molecule has 2 aromatic heterocycles. The van der Waals surface area contributed by atoms with Crippen molar-refractivity contribution in [3.8, 4) is 0 Å². The molecule has 1 aromatic carbocycles. The molecule has 124 valence electrons. The van der Waals surface area contributed by atoms with Gasteiger partial charge in [0.25, 0.3) is 0 Å². The number of hydrogen-bond donors (Lipinski definition) is 2. The van der Waals surface area contributed by atoms with E-state index >= 15 is 0 Å². The van der Waals surface area contributed by atoms with Crippen LogP contribution in [0.4, 0.5) is 0 Å². The molecule has 0 saturated carbocycles. The van der Waals surface area contributed by atoms with Crippen molar-refractivity contribution in [2.45, 2.75) is 17.6 Å². The number of nitrogens with zero attached hydrogens (tertiary/aromatic N) is 1. The van der Waals surface area contributed by atoms with Crippen LogP contribution in [0, 0.1) is 0 Å². The van der Waals surface area contributed by atoms with Gasteiger partial charge < -0.3 is 14.8 Å². The minimum Gasteiger partial charge on any atom is -0.466 e. The molecule has 6 heteroatoms. The molecular weight excluding hydrogens is 324 g/mol. The summed E-state index contributed by atoms with van der Waals surface area (Å²) in [6, 6.07) is 13.3. The summed E-state index contributed by atoms with van der Waals surface area (Å²) >= 11 is 1.38. The Bertz CT molecular complexity index is 826. The predicted molar refractivity (Wildman–Crippen MR) is 93.8 cm³/mol. The molecule has 1 amide bonds. The first kappa shape index (κ1) is 16.5. The zero-order chi connectivity index (χ0) is 17.0. The monoisotopic (exact) mass is 342 g/mol. The number of rotatable bonds is 6. The van der Waals surface area contributed by atoms with E-state index in [0.29, 0.717) is 5.76 Å². The van der Waals surface area contributed by atoms with Crippen LogP contribution < -0.4 is 5.32 Å². The summed E-state index contributed by atoms with van der Waals surface area (Å²) < 4.78 is 5.19. The lowest BCUT2D eigenvalue weighted by molar-refractivity contribution is -0.119. The number of aliphatic hydroxyl groups is 1. The highest BCUT2D eigenvalue weighted by atomic mass is 32.2. The maximum Gasteiger partial charge on any atom is 0.230 e. The second-order valence-electron chi connectivity index (χ2n) is 5.65. The Kier molecular flexibility index (Phi) is 4.87. The zero-order valence-electron chi connectivity index (χ0n) is 13.2. The first-order valence-electron chi connectivity index (χ1n) is 7.56. The number of furan rings is 1. The third kappa shape index (κ3) is 3.77. The van der Waals surface area contributed by atoms with Crippen LogP contribution in [-0.4, -0.2) is 28.3 Å². The lowest BCUT2D eigenvalue weighted by atomic mass is 10.0. The quantitative estimate of drug-likeness (QED) is 0.674. The van der Waals surface area contributed by atoms with E-state index in [1.165, 1.54) is 18.0 Å². The molecule has 3 rings (SSSR count). The lowest BCUT2D eigenvalue weighted by Crippen LogP contribution is -2.39. The van der Waals surface area contributed by atoms with Crippen molar-refractivity contribution in [1.82, 2.24) is 10.3 Å². The van der Waals surface area contributed by atoms with E-state index < -0.39 is 5.60 Å². The molecule has 5 nitrogen and oxygen atoms in total. The number of benzene rings is 1. The van der Waals surface area contributed by atoms with Gasteiger partial charge in [0.05, 0.1) is 18.6 Å². The average Bonchev–Trinajstić information content (AvgIpc) is 3.14. The SMILES string of the molecule is CC(O)(CNC(=O)CSc1nccc2ccccc12)c1ccco1. The maximum absolute atomic E-state index is 12.1. The van der Waals surface area contributed by atoms with Gasteiger partial charge in [-0.2, -0.15) is 0 Å². The van der Waals surface area contributed by atoms with Gasteiger partial charge in [-0.15, -0.1) is 0 Å². The van der Waals surface area contributed by atoms with Crippen LogP contribution in [0.1, 0.15) is 12.7 Å². The number of pyridine rings is 1. The fourth-order valence-corrected chi connectivity index (χ4v) is 3.18. The van der Waals surface area contributed by atoms with Gasteiger partial charge in [0.2, 0.25) is 5.91 Å². The van der Waals surface area contributed by atoms with E-state index in [9.17, 15) is 9.90 Å². The van der Waals surface area contributed by atoms with Crippen molar-refractivity contribution in [2.24, 2.45) is 0 Å². The smallest absolute Gasteiger partial charge is 0.230 e. The second-order valence-corrected chi connectivity index (χ2v) is 6.62. The first-order chi connectivity index (χ1) is 11.6. The largest absolute Gasteiger partial charge is 0.466 e. The Hall–Kier alpha value is -2.31. The predicted octanol–water partition coefficient (Wildman–Crippen LogP) is 2.94. The highest BCUT2D eigenvalue weighted by molar-refractivity contribution is 8.00. The van der Waals surface area contributed by atoms with Crippen LogP contribution >= 0.6 is 11.8 Å². The Morgan fingerprint density at radius 3 is 2.92 bits per heavy atom. The van der Waals surface area contributed by atoms with E-state index in [1.54, 1.807) is 25.3 Å². The normalized spacial score (nSPS) is 13.6. The fourth-order valence-electron chi connectivity index (χ4n) is 2.33. The zero-order valence-corrected chi connectivity index (χ0v) is 14.0. The molecule has 2 N–H and O–H groups in total. The molecule has 1 atom stereocenters. The number of aromatic nitrogens is 1. The fraction of sp³-hybridized carbons (Fsp3) is 0.222. The van der Waals surface area contributed by atoms with E-state index in [2.05, 4.69) is 10.3 Å². The summed E-state index contributed by atoms with van der Waals surface area (Å²) in [6.45, 7) is 1.69. The number of carbonyl (C=O) groups excluding carboxylic acids is 1. The molecule has 2 heterocycles. The summed E-state index contributed by atoms with van der Waals surface area (Å²) in [5.74, 6) is 0.489. The minimum absolute atomic E-state index is 0.0862. The van der Waals surface area contributed by atoms with Gasteiger partial charge in [0.1, 0.15) is 16.4 Å². The molecule has 0 aliphatic rings. The number of thioether (sulfide) groups is 1. The third-order valence-corrected chi connectivity index (χ3v) is 4.66. The van der Waals surface area contributed by atoms with Gasteiger partial charge in [0, 0.05) is 11.6 Å². The Morgan fingerprint density at radius 1 is 1.29 bits per heavy atom. The summed E-state index contributed by atoms with van der Waals surface area (Å²) in [7, 11) is 0. The summed E-state index contributed by atoms with van der Waals surface area (Å²) in [5, 5.41) is 16.0. The number of carbonyl (C=O) groups is 1. The molecule has 24 heavy (non-hydrogen) atoms. The lowest BCUT2D eigenvalue weighted by Gasteiger charge is -2.21. The summed E-state index contributed by atoms with van der Waals surface area (Å²) in [4.78, 5) is 16.4. The number of amides is 1. The molecule has 0 fully saturated rings. The van der Waals surface area contributed by atoms with Gasteiger partial charge >= 0.3 is 0 Å². The van der Waals surface area contributed by atoms with Crippen molar-refractivity contribution < 1.29 is 14.3 Å². The topological polar surface area (TPSA) is 75.4 Å². The Balaban J connectivity index is 1.58. The third-order valence-electron chi connectivity index (χ3n) is 3.66. The highest BCUT2D eigenvalue weighted by Crippen LogP contribution is 2.25. The minimum atomic E-state index is -1.23. The maximum atomic E-state index is 12.1. The molecule has 0 bridgehead atoms. The van der Waals surface area contributed by atoms with Crippen molar-refractivity contribution in [3.63, 3.8) is 0 Å². The van der Waals surface area contributed by atoms with Gasteiger partial charge in [-0.3, -0.25) is 4.79 Å². The van der Waals surface area contributed by atoms with Crippen LogP contribution in [0.3, 0.4) is 0 Å². The second kappa shape index (κ2) is 7.07. The Morgan fingerprint density at radius 2 is 2.12 bits per heavy atom.